The number of hydrogen-bond acceptors (Lipinski definition) is 4. The Balaban J connectivity index is 2.12. The number of β-amino-alcohol motifs (C(OH)–C–C–N with tert-alkyl or cyclic N) is 1. The Morgan fingerprint density at radius 1 is 1.33 bits per heavy atom. The fourth-order valence-electron chi connectivity index (χ4n) is 2.22. The summed E-state index contributed by atoms with van der Waals surface area (Å²) in [5.41, 5.74) is 5.69. The van der Waals surface area contributed by atoms with Crippen LogP contribution in [0, 0.1) is 0 Å². The summed E-state index contributed by atoms with van der Waals surface area (Å²) in [6.07, 6.45) is -0.877. The molecule has 0 radical (unpaired) electrons. The second-order valence-corrected chi connectivity index (χ2v) is 4.77. The van der Waals surface area contributed by atoms with E-state index in [0.29, 0.717) is 5.69 Å². The summed E-state index contributed by atoms with van der Waals surface area (Å²) < 4.78 is 0. The summed E-state index contributed by atoms with van der Waals surface area (Å²) in [5, 5.41) is 21.0. The second-order valence-electron chi connectivity index (χ2n) is 4.77. The van der Waals surface area contributed by atoms with Crippen LogP contribution < -0.4 is 11.1 Å². The number of carbonyl (C=O) groups excluding carboxylic acids is 2. The molecule has 1 fully saturated rings. The number of nitrogens with one attached hydrogen (secondary N) is 1. The van der Waals surface area contributed by atoms with E-state index in [1.54, 1.807) is 12.1 Å². The van der Waals surface area contributed by atoms with Gasteiger partial charge >= 0.3 is 12.0 Å². The van der Waals surface area contributed by atoms with Gasteiger partial charge in [0, 0.05) is 24.2 Å². The normalized spacial score (nSPS) is 21.1. The highest BCUT2D eigenvalue weighted by molar-refractivity contribution is 5.96. The van der Waals surface area contributed by atoms with Gasteiger partial charge in [-0.15, -0.1) is 0 Å². The maximum Gasteiger partial charge on any atom is 0.326 e. The van der Waals surface area contributed by atoms with E-state index in [1.165, 1.54) is 12.1 Å². The van der Waals surface area contributed by atoms with Crippen LogP contribution in [0.1, 0.15) is 16.8 Å². The van der Waals surface area contributed by atoms with Crippen LogP contribution in [0.4, 0.5) is 10.5 Å². The highest BCUT2D eigenvalue weighted by Crippen LogP contribution is 2.20. The summed E-state index contributed by atoms with van der Waals surface area (Å²) in [6, 6.07) is 4.26. The van der Waals surface area contributed by atoms with E-state index >= 15 is 0 Å². The number of hydrogen-bond donors (Lipinski definition) is 4. The second kappa shape index (κ2) is 5.80. The third-order valence-corrected chi connectivity index (χ3v) is 3.22. The molecule has 1 aromatic rings. The first kappa shape index (κ1) is 14.8. The molecule has 0 unspecified atom stereocenters. The largest absolute Gasteiger partial charge is 0.480 e. The van der Waals surface area contributed by atoms with Crippen molar-refractivity contribution in [3.63, 3.8) is 0 Å². The lowest BCUT2D eigenvalue weighted by Gasteiger charge is -2.21. The number of benzene rings is 1. The summed E-state index contributed by atoms with van der Waals surface area (Å²) in [4.78, 5) is 35.3. The van der Waals surface area contributed by atoms with E-state index in [9.17, 15) is 19.5 Å². The van der Waals surface area contributed by atoms with Crippen molar-refractivity contribution in [2.24, 2.45) is 5.73 Å². The molecule has 0 aromatic heterocycles. The number of aliphatic carboxylic acids is 1. The number of aliphatic hydroxyl groups excluding tert-OH is 1. The topological polar surface area (TPSA) is 133 Å². The van der Waals surface area contributed by atoms with Crippen LogP contribution in [0.2, 0.25) is 0 Å². The highest BCUT2D eigenvalue weighted by atomic mass is 16.4. The van der Waals surface area contributed by atoms with Crippen molar-refractivity contribution < 1.29 is 24.6 Å². The van der Waals surface area contributed by atoms with E-state index in [-0.39, 0.29) is 18.5 Å². The highest BCUT2D eigenvalue weighted by Gasteiger charge is 2.38. The average Bonchev–Trinajstić information content (AvgIpc) is 2.81. The Kier molecular flexibility index (Phi) is 4.08. The lowest BCUT2D eigenvalue weighted by atomic mass is 10.2. The molecule has 5 N–H and O–H groups in total. The molecule has 8 heteroatoms. The molecule has 1 aliphatic heterocycles. The number of urea groups is 1. The molecule has 21 heavy (non-hydrogen) atoms. The van der Waals surface area contributed by atoms with Gasteiger partial charge in [-0.2, -0.15) is 0 Å². The average molecular weight is 293 g/mol. The van der Waals surface area contributed by atoms with Crippen LogP contribution in [0.5, 0.6) is 0 Å². The minimum atomic E-state index is -1.17. The minimum Gasteiger partial charge on any atom is -0.480 e. The van der Waals surface area contributed by atoms with Crippen molar-refractivity contribution >= 4 is 23.6 Å². The molecule has 0 saturated carbocycles. The van der Waals surface area contributed by atoms with Crippen LogP contribution in [0.25, 0.3) is 0 Å². The standard InChI is InChI=1S/C13H15N3O5/c14-11(18)7-2-1-3-8(4-7)15-13(21)16-6-9(17)5-10(16)12(19)20/h1-4,9-10,17H,5-6H2,(H2,14,18)(H,15,21)(H,19,20)/t9-,10+/m1/s1. The zero-order valence-electron chi connectivity index (χ0n) is 11.0. The summed E-state index contributed by atoms with van der Waals surface area (Å²) in [6.45, 7) is -0.0572. The molecule has 2 rings (SSSR count). The minimum absolute atomic E-state index is 0.00984. The number of nitrogens with zero attached hydrogens (tertiary/aromatic N) is 1. The number of carbonyl (C=O) groups is 3. The van der Waals surface area contributed by atoms with Crippen molar-refractivity contribution in [1.29, 1.82) is 0 Å². The van der Waals surface area contributed by atoms with Crippen molar-refractivity contribution in [3.05, 3.63) is 29.8 Å². The Morgan fingerprint density at radius 2 is 2.05 bits per heavy atom. The van der Waals surface area contributed by atoms with Crippen LogP contribution in [0.15, 0.2) is 24.3 Å². The van der Waals surface area contributed by atoms with Gasteiger partial charge in [-0.3, -0.25) is 4.79 Å². The monoisotopic (exact) mass is 293 g/mol. The molecule has 0 spiro atoms. The molecule has 2 atom stereocenters. The van der Waals surface area contributed by atoms with E-state index < -0.39 is 30.1 Å². The molecular weight excluding hydrogens is 278 g/mol. The maximum atomic E-state index is 12.1. The van der Waals surface area contributed by atoms with E-state index in [1.807, 2.05) is 0 Å². The van der Waals surface area contributed by atoms with E-state index in [0.717, 1.165) is 4.90 Å². The number of nitrogens with two attached hydrogens (primary N) is 1. The summed E-state index contributed by atoms with van der Waals surface area (Å²) in [7, 11) is 0. The van der Waals surface area contributed by atoms with Gasteiger partial charge in [0.05, 0.1) is 6.10 Å². The number of anilines is 1. The van der Waals surface area contributed by atoms with Crippen molar-refractivity contribution in [2.45, 2.75) is 18.6 Å². The van der Waals surface area contributed by atoms with E-state index in [4.69, 9.17) is 10.8 Å². The van der Waals surface area contributed by atoms with Gasteiger partial charge < -0.3 is 26.2 Å². The fourth-order valence-corrected chi connectivity index (χ4v) is 2.22. The van der Waals surface area contributed by atoms with Crippen LogP contribution in [-0.2, 0) is 4.79 Å². The number of carboxylic acids is 1. The van der Waals surface area contributed by atoms with Gasteiger partial charge in [-0.05, 0) is 18.2 Å². The molecule has 3 amide bonds. The van der Waals surface area contributed by atoms with Crippen molar-refractivity contribution in [2.75, 3.05) is 11.9 Å². The lowest BCUT2D eigenvalue weighted by Crippen LogP contribution is -2.43. The zero-order chi connectivity index (χ0) is 15.6. The third-order valence-electron chi connectivity index (χ3n) is 3.22. The third kappa shape index (κ3) is 3.29. The van der Waals surface area contributed by atoms with Crippen LogP contribution in [-0.4, -0.2) is 51.7 Å². The summed E-state index contributed by atoms with van der Waals surface area (Å²) in [5.74, 6) is -1.81. The predicted molar refractivity (Wildman–Crippen MR) is 72.7 cm³/mol. The Bertz CT molecular complexity index is 589. The van der Waals surface area contributed by atoms with E-state index in [2.05, 4.69) is 5.32 Å². The smallest absolute Gasteiger partial charge is 0.326 e. The molecule has 0 aliphatic carbocycles. The van der Waals surface area contributed by atoms with Crippen LogP contribution >= 0.6 is 0 Å². The quantitative estimate of drug-likeness (QED) is 0.614. The molecular formula is C13H15N3O5. The fraction of sp³-hybridized carbons (Fsp3) is 0.308. The Hall–Kier alpha value is -2.61. The molecule has 0 bridgehead atoms. The zero-order valence-corrected chi connectivity index (χ0v) is 11.0. The number of carboxylic acid groups (broad SMARTS) is 1. The van der Waals surface area contributed by atoms with Gasteiger partial charge in [-0.1, -0.05) is 6.07 Å². The molecule has 112 valence electrons. The molecule has 1 saturated heterocycles. The summed E-state index contributed by atoms with van der Waals surface area (Å²) >= 11 is 0. The number of likely N-dealkylation sites (tertiary alicyclic amines) is 1. The predicted octanol–water partition coefficient (Wildman–Crippen LogP) is -0.163. The molecule has 1 heterocycles. The van der Waals surface area contributed by atoms with Crippen molar-refractivity contribution in [3.8, 4) is 0 Å². The Labute approximate surface area is 120 Å². The van der Waals surface area contributed by atoms with Gasteiger partial charge in [0.25, 0.3) is 0 Å². The number of aliphatic hydroxyl groups is 1. The SMILES string of the molecule is NC(=O)c1cccc(NC(=O)N2C[C@H](O)C[C@H]2C(=O)O)c1. The molecule has 8 nitrogen and oxygen atoms in total. The van der Waals surface area contributed by atoms with Gasteiger partial charge in [0.15, 0.2) is 0 Å². The maximum absolute atomic E-state index is 12.1. The van der Waals surface area contributed by atoms with Gasteiger partial charge in [-0.25, -0.2) is 9.59 Å². The first-order valence-corrected chi connectivity index (χ1v) is 6.27. The number of amides is 3. The van der Waals surface area contributed by atoms with Crippen molar-refractivity contribution in [1.82, 2.24) is 4.90 Å². The first-order chi connectivity index (χ1) is 9.88. The Morgan fingerprint density at radius 3 is 2.67 bits per heavy atom. The number of rotatable bonds is 3. The van der Waals surface area contributed by atoms with Crippen LogP contribution in [0.3, 0.4) is 0 Å². The number of primary amides is 1. The first-order valence-electron chi connectivity index (χ1n) is 6.27. The van der Waals surface area contributed by atoms with Gasteiger partial charge in [0.1, 0.15) is 6.04 Å². The lowest BCUT2D eigenvalue weighted by molar-refractivity contribution is -0.141. The molecule has 1 aliphatic rings. The molecule has 1 aromatic carbocycles. The van der Waals surface area contributed by atoms with Gasteiger partial charge in [0.2, 0.25) is 5.91 Å².